The molecule has 1 aromatic heterocycles. The molecule has 0 bridgehead atoms. The van der Waals surface area contributed by atoms with Crippen molar-refractivity contribution in [3.8, 4) is 5.75 Å². The number of hydrogen-bond acceptors (Lipinski definition) is 5. The molecule has 0 aliphatic carbocycles. The van der Waals surface area contributed by atoms with Crippen LogP contribution in [0.1, 0.15) is 29.9 Å². The van der Waals surface area contributed by atoms with Gasteiger partial charge in [0.2, 0.25) is 0 Å². The van der Waals surface area contributed by atoms with E-state index < -0.39 is 0 Å². The maximum Gasteiger partial charge on any atom is 0.173 e. The van der Waals surface area contributed by atoms with Gasteiger partial charge in [0.25, 0.3) is 0 Å². The van der Waals surface area contributed by atoms with Gasteiger partial charge in [0.15, 0.2) is 5.84 Å². The van der Waals surface area contributed by atoms with Crippen molar-refractivity contribution in [1.82, 2.24) is 5.32 Å². The molecule has 112 valence electrons. The Bertz CT molecular complexity index is 609. The van der Waals surface area contributed by atoms with Gasteiger partial charge in [-0.2, -0.15) is 0 Å². The minimum Gasteiger partial charge on any atom is -0.496 e. The molecule has 1 heterocycles. The predicted molar refractivity (Wildman–Crippen MR) is 79.5 cm³/mol. The van der Waals surface area contributed by atoms with Gasteiger partial charge >= 0.3 is 0 Å². The third-order valence-electron chi connectivity index (χ3n) is 3.23. The lowest BCUT2D eigenvalue weighted by atomic mass is 10.1. The van der Waals surface area contributed by atoms with E-state index in [1.165, 1.54) is 0 Å². The van der Waals surface area contributed by atoms with E-state index in [1.807, 2.05) is 31.2 Å². The summed E-state index contributed by atoms with van der Waals surface area (Å²) in [5.41, 5.74) is 7.21. The molecule has 0 aliphatic heterocycles. The number of nitrogens with two attached hydrogens (primary N) is 1. The predicted octanol–water partition coefficient (Wildman–Crippen LogP) is 2.23. The summed E-state index contributed by atoms with van der Waals surface area (Å²) in [7, 11) is 1.54. The second kappa shape index (κ2) is 6.81. The number of oxime groups is 1. The zero-order valence-corrected chi connectivity index (χ0v) is 12.0. The number of nitrogens with one attached hydrogen (secondary N) is 1. The second-order valence-corrected chi connectivity index (χ2v) is 4.64. The lowest BCUT2D eigenvalue weighted by Crippen LogP contribution is -2.19. The number of hydrogen-bond donors (Lipinski definition) is 3. The quantitative estimate of drug-likeness (QED) is 0.328. The van der Waals surface area contributed by atoms with Crippen LogP contribution in [0.4, 0.5) is 0 Å². The fourth-order valence-corrected chi connectivity index (χ4v) is 2.03. The first-order valence-electron chi connectivity index (χ1n) is 6.57. The van der Waals surface area contributed by atoms with Crippen LogP contribution in [0.2, 0.25) is 0 Å². The molecular weight excluding hydrogens is 270 g/mol. The number of ether oxygens (including phenoxy) is 1. The van der Waals surface area contributed by atoms with Crippen molar-refractivity contribution in [2.24, 2.45) is 10.9 Å². The van der Waals surface area contributed by atoms with Gasteiger partial charge in [0.05, 0.1) is 25.0 Å². The fraction of sp³-hybridized carbons (Fsp3) is 0.267. The number of rotatable bonds is 6. The van der Waals surface area contributed by atoms with E-state index >= 15 is 0 Å². The molecule has 0 amide bonds. The standard InChI is InChI=1S/C15H19N3O3/c1-10(13-4-3-7-21-13)17-9-11-5-6-14(20-2)12(8-11)15(16)18-19/h3-8,10,17,19H,9H2,1-2H3,(H2,16,18)/t10-/m1/s1. The lowest BCUT2D eigenvalue weighted by molar-refractivity contribution is 0.318. The lowest BCUT2D eigenvalue weighted by Gasteiger charge is -2.13. The Kier molecular flexibility index (Phi) is 4.84. The molecule has 0 aliphatic rings. The van der Waals surface area contributed by atoms with Gasteiger partial charge < -0.3 is 25.4 Å². The summed E-state index contributed by atoms with van der Waals surface area (Å²) in [6, 6.07) is 9.42. The van der Waals surface area contributed by atoms with Gasteiger partial charge in [-0.15, -0.1) is 0 Å². The first-order valence-corrected chi connectivity index (χ1v) is 6.57. The molecule has 0 unspecified atom stereocenters. The van der Waals surface area contributed by atoms with Crippen molar-refractivity contribution in [3.63, 3.8) is 0 Å². The van der Waals surface area contributed by atoms with E-state index in [4.69, 9.17) is 20.1 Å². The number of amidine groups is 1. The van der Waals surface area contributed by atoms with E-state index in [2.05, 4.69) is 10.5 Å². The van der Waals surface area contributed by atoms with Crippen molar-refractivity contribution in [2.45, 2.75) is 19.5 Å². The first kappa shape index (κ1) is 14.9. The molecule has 2 aromatic rings. The molecule has 1 atom stereocenters. The van der Waals surface area contributed by atoms with Crippen molar-refractivity contribution < 1.29 is 14.4 Å². The van der Waals surface area contributed by atoms with Gasteiger partial charge in [0, 0.05) is 6.54 Å². The molecule has 6 nitrogen and oxygen atoms in total. The minimum absolute atomic E-state index is 0.0211. The Morgan fingerprint density at radius 2 is 2.29 bits per heavy atom. The fourth-order valence-electron chi connectivity index (χ4n) is 2.03. The number of benzene rings is 1. The van der Waals surface area contributed by atoms with Gasteiger partial charge in [-0.1, -0.05) is 11.2 Å². The Hall–Kier alpha value is -2.47. The van der Waals surface area contributed by atoms with Crippen LogP contribution in [0.25, 0.3) is 0 Å². The van der Waals surface area contributed by atoms with Crippen LogP contribution in [0.3, 0.4) is 0 Å². The maximum absolute atomic E-state index is 8.82. The van der Waals surface area contributed by atoms with Crippen molar-refractivity contribution in [2.75, 3.05) is 7.11 Å². The average Bonchev–Trinajstić information content (AvgIpc) is 3.06. The van der Waals surface area contributed by atoms with Crippen LogP contribution in [0.15, 0.2) is 46.2 Å². The summed E-state index contributed by atoms with van der Waals surface area (Å²) < 4.78 is 10.5. The van der Waals surface area contributed by atoms with E-state index in [-0.39, 0.29) is 11.9 Å². The molecule has 4 N–H and O–H groups in total. The third-order valence-corrected chi connectivity index (χ3v) is 3.23. The molecule has 0 fully saturated rings. The third kappa shape index (κ3) is 3.55. The van der Waals surface area contributed by atoms with Crippen LogP contribution < -0.4 is 15.8 Å². The summed E-state index contributed by atoms with van der Waals surface area (Å²) in [5, 5.41) is 15.2. The van der Waals surface area contributed by atoms with Gasteiger partial charge in [-0.05, 0) is 36.8 Å². The van der Waals surface area contributed by atoms with Crippen molar-refractivity contribution >= 4 is 5.84 Å². The molecule has 0 spiro atoms. The van der Waals surface area contributed by atoms with Crippen molar-refractivity contribution in [3.05, 3.63) is 53.5 Å². The summed E-state index contributed by atoms with van der Waals surface area (Å²) in [4.78, 5) is 0. The SMILES string of the molecule is COc1ccc(CN[C@H](C)c2ccco2)cc1/C(N)=N/O. The van der Waals surface area contributed by atoms with Crippen LogP contribution >= 0.6 is 0 Å². The Balaban J connectivity index is 2.10. The monoisotopic (exact) mass is 289 g/mol. The second-order valence-electron chi connectivity index (χ2n) is 4.64. The number of furan rings is 1. The first-order chi connectivity index (χ1) is 10.2. The van der Waals surface area contributed by atoms with Crippen LogP contribution in [-0.2, 0) is 6.54 Å². The molecule has 0 saturated carbocycles. The normalized spacial score (nSPS) is 13.1. The smallest absolute Gasteiger partial charge is 0.173 e. The van der Waals surface area contributed by atoms with E-state index in [0.29, 0.717) is 17.9 Å². The Labute approximate surface area is 123 Å². The van der Waals surface area contributed by atoms with Gasteiger partial charge in [0.1, 0.15) is 11.5 Å². The minimum atomic E-state index is 0.0211. The van der Waals surface area contributed by atoms with E-state index in [9.17, 15) is 0 Å². The zero-order chi connectivity index (χ0) is 15.2. The van der Waals surface area contributed by atoms with Crippen LogP contribution in [-0.4, -0.2) is 18.2 Å². The Morgan fingerprint density at radius 3 is 2.90 bits per heavy atom. The molecule has 2 rings (SSSR count). The highest BCUT2D eigenvalue weighted by Crippen LogP contribution is 2.20. The number of nitrogens with zero attached hydrogens (tertiary/aromatic N) is 1. The van der Waals surface area contributed by atoms with E-state index in [1.54, 1.807) is 19.4 Å². The molecule has 0 saturated heterocycles. The Morgan fingerprint density at radius 1 is 1.48 bits per heavy atom. The summed E-state index contributed by atoms with van der Waals surface area (Å²) in [6.07, 6.45) is 1.65. The summed E-state index contributed by atoms with van der Waals surface area (Å²) in [5.74, 6) is 1.46. The average molecular weight is 289 g/mol. The van der Waals surface area contributed by atoms with Crippen molar-refractivity contribution in [1.29, 1.82) is 0 Å². The van der Waals surface area contributed by atoms with Gasteiger partial charge in [-0.3, -0.25) is 0 Å². The largest absolute Gasteiger partial charge is 0.496 e. The van der Waals surface area contributed by atoms with Crippen LogP contribution in [0.5, 0.6) is 5.75 Å². The molecule has 1 aromatic carbocycles. The summed E-state index contributed by atoms with van der Waals surface area (Å²) in [6.45, 7) is 2.64. The highest BCUT2D eigenvalue weighted by atomic mass is 16.5. The van der Waals surface area contributed by atoms with Crippen LogP contribution in [0, 0.1) is 0 Å². The highest BCUT2D eigenvalue weighted by Gasteiger charge is 2.11. The molecule has 21 heavy (non-hydrogen) atoms. The molecule has 6 heteroatoms. The topological polar surface area (TPSA) is 93.0 Å². The number of methoxy groups -OCH3 is 1. The molecule has 0 radical (unpaired) electrons. The van der Waals surface area contributed by atoms with Gasteiger partial charge in [-0.25, -0.2) is 0 Å². The molecular formula is C15H19N3O3. The highest BCUT2D eigenvalue weighted by molar-refractivity contribution is 5.99. The van der Waals surface area contributed by atoms with E-state index in [0.717, 1.165) is 11.3 Å². The zero-order valence-electron chi connectivity index (χ0n) is 12.0. The summed E-state index contributed by atoms with van der Waals surface area (Å²) >= 11 is 0. The maximum atomic E-state index is 8.82.